The lowest BCUT2D eigenvalue weighted by atomic mass is 10.2. The number of carbonyl (C=O) groups is 1. The number of nitrogen functional groups attached to an aromatic ring is 1. The average Bonchev–Trinajstić information content (AvgIpc) is 2.46. The van der Waals surface area contributed by atoms with Crippen molar-refractivity contribution in [1.82, 2.24) is 14.8 Å². The molecule has 0 amide bonds. The molecule has 0 bridgehead atoms. The lowest BCUT2D eigenvalue weighted by molar-refractivity contribution is 0.0690. The second-order valence-corrected chi connectivity index (χ2v) is 5.55. The first-order valence-electron chi connectivity index (χ1n) is 7.09. The summed E-state index contributed by atoms with van der Waals surface area (Å²) in [5, 5.41) is 9.03. The molecule has 21 heavy (non-hydrogen) atoms. The van der Waals surface area contributed by atoms with Crippen molar-refractivity contribution in [3.05, 3.63) is 17.8 Å². The number of hydrogen-bond donors (Lipinski definition) is 2. The minimum atomic E-state index is -1.03. The van der Waals surface area contributed by atoms with Crippen LogP contribution in [0.5, 0.6) is 0 Å². The maximum absolute atomic E-state index is 11.0. The molecule has 7 heteroatoms. The number of nitrogens with two attached hydrogens (primary N) is 1. The second kappa shape index (κ2) is 6.73. The van der Waals surface area contributed by atoms with Crippen molar-refractivity contribution in [2.45, 2.75) is 0 Å². The van der Waals surface area contributed by atoms with Gasteiger partial charge in [-0.1, -0.05) is 0 Å². The smallest absolute Gasteiger partial charge is 0.354 e. The van der Waals surface area contributed by atoms with Gasteiger partial charge in [-0.2, -0.15) is 0 Å². The van der Waals surface area contributed by atoms with Crippen molar-refractivity contribution in [3.63, 3.8) is 0 Å². The zero-order chi connectivity index (χ0) is 15.4. The van der Waals surface area contributed by atoms with E-state index in [0.717, 1.165) is 39.3 Å². The molecule has 3 N–H and O–H groups in total. The molecule has 0 aromatic carbocycles. The summed E-state index contributed by atoms with van der Waals surface area (Å²) < 4.78 is 0. The first-order valence-corrected chi connectivity index (χ1v) is 7.09. The van der Waals surface area contributed by atoms with Crippen molar-refractivity contribution in [2.24, 2.45) is 0 Å². The third kappa shape index (κ3) is 4.05. The van der Waals surface area contributed by atoms with Crippen LogP contribution in [0.25, 0.3) is 0 Å². The Kier molecular flexibility index (Phi) is 4.98. The molecule has 1 aromatic rings. The fourth-order valence-electron chi connectivity index (χ4n) is 2.36. The minimum absolute atomic E-state index is 0.0363. The Bertz CT molecular complexity index is 498. The summed E-state index contributed by atoms with van der Waals surface area (Å²) in [6.45, 7) is 5.58. The number of piperazine rings is 1. The molecule has 2 heterocycles. The second-order valence-electron chi connectivity index (χ2n) is 5.55. The van der Waals surface area contributed by atoms with Crippen molar-refractivity contribution in [1.29, 1.82) is 0 Å². The average molecular weight is 293 g/mol. The summed E-state index contributed by atoms with van der Waals surface area (Å²) in [5.41, 5.74) is 6.50. The lowest BCUT2D eigenvalue weighted by Crippen LogP contribution is -2.48. The number of carboxylic acids is 1. The van der Waals surface area contributed by atoms with Crippen LogP contribution in [0.4, 0.5) is 11.5 Å². The molecule has 0 spiro atoms. The highest BCUT2D eigenvalue weighted by Gasteiger charge is 2.20. The number of pyridine rings is 1. The monoisotopic (exact) mass is 293 g/mol. The molecule has 2 rings (SSSR count). The van der Waals surface area contributed by atoms with Crippen molar-refractivity contribution >= 4 is 17.5 Å². The largest absolute Gasteiger partial charge is 0.477 e. The van der Waals surface area contributed by atoms with E-state index in [0.29, 0.717) is 11.5 Å². The molecule has 1 aliphatic rings. The Balaban J connectivity index is 1.98. The van der Waals surface area contributed by atoms with Gasteiger partial charge < -0.3 is 20.6 Å². The Morgan fingerprint density at radius 1 is 1.33 bits per heavy atom. The van der Waals surface area contributed by atoms with Gasteiger partial charge in [0.2, 0.25) is 0 Å². The number of nitrogens with zero attached hydrogens (tertiary/aromatic N) is 4. The number of carboxylic acid groups (broad SMARTS) is 1. The summed E-state index contributed by atoms with van der Waals surface area (Å²) in [7, 11) is 4.14. The van der Waals surface area contributed by atoms with E-state index in [4.69, 9.17) is 10.8 Å². The maximum atomic E-state index is 11.0. The molecule has 7 nitrogen and oxygen atoms in total. The minimum Gasteiger partial charge on any atom is -0.477 e. The molecule has 0 saturated carbocycles. The summed E-state index contributed by atoms with van der Waals surface area (Å²) in [5.74, 6) is -0.442. The number of aromatic carboxylic acids is 1. The van der Waals surface area contributed by atoms with E-state index in [9.17, 15) is 4.79 Å². The maximum Gasteiger partial charge on any atom is 0.354 e. The van der Waals surface area contributed by atoms with Gasteiger partial charge in [-0.15, -0.1) is 0 Å². The van der Waals surface area contributed by atoms with Crippen LogP contribution in [0.3, 0.4) is 0 Å². The van der Waals surface area contributed by atoms with Gasteiger partial charge in [0.25, 0.3) is 0 Å². The lowest BCUT2D eigenvalue weighted by Gasteiger charge is -2.36. The normalized spacial score (nSPS) is 16.4. The molecular formula is C14H23N5O2. The van der Waals surface area contributed by atoms with E-state index < -0.39 is 5.97 Å². The van der Waals surface area contributed by atoms with Crippen LogP contribution in [0.1, 0.15) is 10.5 Å². The van der Waals surface area contributed by atoms with E-state index in [-0.39, 0.29) is 5.69 Å². The van der Waals surface area contributed by atoms with Gasteiger partial charge in [-0.3, -0.25) is 4.90 Å². The van der Waals surface area contributed by atoms with Gasteiger partial charge in [-0.05, 0) is 26.2 Å². The fraction of sp³-hybridized carbons (Fsp3) is 0.571. The number of hydrogen-bond acceptors (Lipinski definition) is 6. The Morgan fingerprint density at radius 2 is 2.00 bits per heavy atom. The number of likely N-dealkylation sites (N-methyl/N-ethyl adjacent to an activating group) is 1. The Hall–Kier alpha value is -1.86. The van der Waals surface area contributed by atoms with Crippen LogP contribution >= 0.6 is 0 Å². The van der Waals surface area contributed by atoms with Gasteiger partial charge in [0.05, 0.1) is 5.69 Å². The van der Waals surface area contributed by atoms with Gasteiger partial charge in [-0.25, -0.2) is 9.78 Å². The first-order chi connectivity index (χ1) is 9.97. The van der Waals surface area contributed by atoms with E-state index in [1.165, 1.54) is 6.07 Å². The third-order valence-electron chi connectivity index (χ3n) is 3.66. The summed E-state index contributed by atoms with van der Waals surface area (Å²) in [4.78, 5) is 21.8. The topological polar surface area (TPSA) is 85.9 Å². The quantitative estimate of drug-likeness (QED) is 0.793. The number of anilines is 2. The van der Waals surface area contributed by atoms with Crippen LogP contribution in [-0.2, 0) is 0 Å². The molecule has 116 valence electrons. The van der Waals surface area contributed by atoms with E-state index >= 15 is 0 Å². The highest BCUT2D eigenvalue weighted by atomic mass is 16.4. The zero-order valence-electron chi connectivity index (χ0n) is 12.6. The van der Waals surface area contributed by atoms with Gasteiger partial charge in [0.15, 0.2) is 11.5 Å². The number of aromatic nitrogens is 1. The van der Waals surface area contributed by atoms with Crippen LogP contribution in [0.2, 0.25) is 0 Å². The summed E-state index contributed by atoms with van der Waals surface area (Å²) >= 11 is 0. The van der Waals surface area contributed by atoms with Crippen LogP contribution in [0, 0.1) is 0 Å². The molecule has 1 fully saturated rings. The van der Waals surface area contributed by atoms with E-state index in [2.05, 4.69) is 33.8 Å². The van der Waals surface area contributed by atoms with Crippen LogP contribution < -0.4 is 10.6 Å². The molecule has 1 aromatic heterocycles. The Labute approximate surface area is 125 Å². The summed E-state index contributed by atoms with van der Waals surface area (Å²) in [6, 6.07) is 3.05. The predicted molar refractivity (Wildman–Crippen MR) is 82.8 cm³/mol. The van der Waals surface area contributed by atoms with Crippen molar-refractivity contribution in [3.8, 4) is 0 Å². The van der Waals surface area contributed by atoms with Gasteiger partial charge in [0.1, 0.15) is 0 Å². The number of rotatable bonds is 5. The Morgan fingerprint density at radius 3 is 2.57 bits per heavy atom. The SMILES string of the molecule is CN(C)CCN1CCN(c2nc(C(=O)O)ccc2N)CC1. The zero-order valence-corrected chi connectivity index (χ0v) is 12.6. The van der Waals surface area contributed by atoms with Crippen LogP contribution in [-0.4, -0.2) is 79.2 Å². The first kappa shape index (κ1) is 15.5. The molecule has 1 saturated heterocycles. The molecular weight excluding hydrogens is 270 g/mol. The molecule has 1 aliphatic heterocycles. The third-order valence-corrected chi connectivity index (χ3v) is 3.66. The van der Waals surface area contributed by atoms with Gasteiger partial charge >= 0.3 is 5.97 Å². The highest BCUT2D eigenvalue weighted by Crippen LogP contribution is 2.22. The standard InChI is InChI=1S/C14H23N5O2/c1-17(2)5-6-18-7-9-19(10-8-18)13-11(15)3-4-12(16-13)14(20)21/h3-4H,5-10,15H2,1-2H3,(H,20,21). The van der Waals surface area contributed by atoms with Gasteiger partial charge in [0, 0.05) is 39.3 Å². The molecule has 0 unspecified atom stereocenters. The molecule has 0 radical (unpaired) electrons. The molecule has 0 aliphatic carbocycles. The van der Waals surface area contributed by atoms with Crippen molar-refractivity contribution in [2.75, 3.05) is 64.0 Å². The molecule has 0 atom stereocenters. The van der Waals surface area contributed by atoms with Crippen LogP contribution in [0.15, 0.2) is 12.1 Å². The fourth-order valence-corrected chi connectivity index (χ4v) is 2.36. The van der Waals surface area contributed by atoms with E-state index in [1.807, 2.05) is 0 Å². The predicted octanol–water partition coefficient (Wildman–Crippen LogP) is 0.0456. The van der Waals surface area contributed by atoms with E-state index in [1.54, 1.807) is 6.07 Å². The van der Waals surface area contributed by atoms with Crippen molar-refractivity contribution < 1.29 is 9.90 Å². The highest BCUT2D eigenvalue weighted by molar-refractivity contribution is 5.87. The summed E-state index contributed by atoms with van der Waals surface area (Å²) in [6.07, 6.45) is 0.